The second-order valence-corrected chi connectivity index (χ2v) is 8.23. The van der Waals surface area contributed by atoms with E-state index in [1.807, 2.05) is 48.9 Å². The molecule has 1 unspecified atom stereocenters. The molecule has 1 atom stereocenters. The smallest absolute Gasteiger partial charge is 0.275 e. The Morgan fingerprint density at radius 1 is 1.26 bits per heavy atom. The van der Waals surface area contributed by atoms with Crippen molar-refractivity contribution in [1.29, 1.82) is 0 Å². The third-order valence-electron chi connectivity index (χ3n) is 6.29. The van der Waals surface area contributed by atoms with Gasteiger partial charge < -0.3 is 9.80 Å². The lowest BCUT2D eigenvalue weighted by molar-refractivity contribution is -0.138. The van der Waals surface area contributed by atoms with Crippen LogP contribution in [0.15, 0.2) is 18.2 Å². The molecule has 0 aliphatic carbocycles. The molecule has 2 fully saturated rings. The third kappa shape index (κ3) is 3.11. The highest BCUT2D eigenvalue weighted by atomic mass is 16.2. The fourth-order valence-electron chi connectivity index (χ4n) is 4.79. The van der Waals surface area contributed by atoms with E-state index in [0.717, 1.165) is 61.9 Å². The van der Waals surface area contributed by atoms with Gasteiger partial charge >= 0.3 is 0 Å². The Labute approximate surface area is 160 Å². The van der Waals surface area contributed by atoms with Crippen LogP contribution in [0.3, 0.4) is 0 Å². The van der Waals surface area contributed by atoms with E-state index in [2.05, 4.69) is 5.10 Å². The molecular weight excluding hydrogens is 340 g/mol. The molecule has 2 aliphatic heterocycles. The van der Waals surface area contributed by atoms with Crippen molar-refractivity contribution in [1.82, 2.24) is 19.6 Å². The molecule has 0 saturated carbocycles. The first kappa shape index (κ1) is 18.0. The lowest BCUT2D eigenvalue weighted by atomic mass is 9.73. The van der Waals surface area contributed by atoms with E-state index in [4.69, 9.17) is 0 Å². The van der Waals surface area contributed by atoms with Gasteiger partial charge in [0.1, 0.15) is 0 Å². The summed E-state index contributed by atoms with van der Waals surface area (Å²) in [6.07, 6.45) is 3.56. The molecule has 27 heavy (non-hydrogen) atoms. The summed E-state index contributed by atoms with van der Waals surface area (Å²) in [6.45, 7) is 7.08. The van der Waals surface area contributed by atoms with Gasteiger partial charge in [-0.05, 0) is 45.2 Å². The predicted molar refractivity (Wildman–Crippen MR) is 105 cm³/mol. The van der Waals surface area contributed by atoms with Gasteiger partial charge in [-0.25, -0.2) is 0 Å². The fourth-order valence-corrected chi connectivity index (χ4v) is 4.79. The zero-order chi connectivity index (χ0) is 19.2. The maximum absolute atomic E-state index is 13.3. The number of aryl methyl sites for hydroxylation is 2. The Morgan fingerprint density at radius 2 is 2.07 bits per heavy atom. The average Bonchev–Trinajstić information content (AvgIpc) is 2.99. The van der Waals surface area contributed by atoms with Crippen molar-refractivity contribution in [2.45, 2.75) is 39.5 Å². The number of benzene rings is 1. The minimum Gasteiger partial charge on any atom is -0.342 e. The predicted octanol–water partition coefficient (Wildman–Crippen LogP) is 2.75. The zero-order valence-electron chi connectivity index (χ0n) is 16.5. The minimum absolute atomic E-state index is 0.0187. The SMILES string of the molecule is CCN1CC2(CCCN(C(=O)c3nn(C)c4ccc(C)cc34)C2)CCC1=O. The molecule has 2 aromatic rings. The number of aromatic nitrogens is 2. The highest BCUT2D eigenvalue weighted by Gasteiger charge is 2.42. The molecule has 1 spiro atoms. The summed E-state index contributed by atoms with van der Waals surface area (Å²) in [6, 6.07) is 6.12. The largest absolute Gasteiger partial charge is 0.342 e. The van der Waals surface area contributed by atoms with E-state index in [1.54, 1.807) is 4.68 Å². The third-order valence-corrected chi connectivity index (χ3v) is 6.29. The average molecular weight is 368 g/mol. The lowest BCUT2D eigenvalue weighted by Crippen LogP contribution is -2.55. The van der Waals surface area contributed by atoms with Crippen LogP contribution in [-0.2, 0) is 11.8 Å². The van der Waals surface area contributed by atoms with Crippen molar-refractivity contribution in [3.8, 4) is 0 Å². The first-order valence-electron chi connectivity index (χ1n) is 9.93. The second kappa shape index (κ2) is 6.66. The summed E-state index contributed by atoms with van der Waals surface area (Å²) in [5.41, 5.74) is 2.70. The number of hydrogen-bond donors (Lipinski definition) is 0. The van der Waals surface area contributed by atoms with Crippen LogP contribution < -0.4 is 0 Å². The van der Waals surface area contributed by atoms with Gasteiger partial charge in [0.05, 0.1) is 5.52 Å². The molecule has 2 saturated heterocycles. The van der Waals surface area contributed by atoms with Gasteiger partial charge in [-0.3, -0.25) is 14.3 Å². The standard InChI is InChI=1S/C21H28N4O2/c1-4-24-13-21(10-8-18(24)26)9-5-11-25(14-21)20(27)19-16-12-15(2)6-7-17(16)23(3)22-19/h6-7,12H,4-5,8-11,13-14H2,1-3H3. The molecule has 0 radical (unpaired) electrons. The molecule has 1 aromatic heterocycles. The molecular formula is C21H28N4O2. The Hall–Kier alpha value is -2.37. The highest BCUT2D eigenvalue weighted by molar-refractivity contribution is 6.05. The van der Waals surface area contributed by atoms with E-state index in [1.165, 1.54) is 0 Å². The number of likely N-dealkylation sites (tertiary alicyclic amines) is 2. The number of carbonyl (C=O) groups is 2. The van der Waals surface area contributed by atoms with Gasteiger partial charge in [-0.2, -0.15) is 5.10 Å². The summed E-state index contributed by atoms with van der Waals surface area (Å²) in [7, 11) is 1.89. The maximum Gasteiger partial charge on any atom is 0.275 e. The van der Waals surface area contributed by atoms with E-state index in [9.17, 15) is 9.59 Å². The number of amides is 2. The van der Waals surface area contributed by atoms with Crippen molar-refractivity contribution in [2.24, 2.45) is 12.5 Å². The molecule has 1 aromatic carbocycles. The summed E-state index contributed by atoms with van der Waals surface area (Å²) in [4.78, 5) is 29.4. The molecule has 3 heterocycles. The van der Waals surface area contributed by atoms with Gasteiger partial charge in [-0.15, -0.1) is 0 Å². The molecule has 6 heteroatoms. The molecule has 144 valence electrons. The zero-order valence-corrected chi connectivity index (χ0v) is 16.5. The first-order valence-corrected chi connectivity index (χ1v) is 9.93. The molecule has 4 rings (SSSR count). The van der Waals surface area contributed by atoms with Crippen LogP contribution in [0.25, 0.3) is 10.9 Å². The fraction of sp³-hybridized carbons (Fsp3) is 0.571. The Balaban J connectivity index is 1.61. The van der Waals surface area contributed by atoms with Crippen molar-refractivity contribution in [2.75, 3.05) is 26.2 Å². The van der Waals surface area contributed by atoms with Gasteiger partial charge in [0.25, 0.3) is 5.91 Å². The van der Waals surface area contributed by atoms with Crippen molar-refractivity contribution >= 4 is 22.7 Å². The first-order chi connectivity index (χ1) is 12.9. The highest BCUT2D eigenvalue weighted by Crippen LogP contribution is 2.39. The molecule has 2 aliphatic rings. The van der Waals surface area contributed by atoms with E-state index < -0.39 is 0 Å². The van der Waals surface area contributed by atoms with Crippen molar-refractivity contribution < 1.29 is 9.59 Å². The molecule has 0 bridgehead atoms. The number of piperidine rings is 2. The number of nitrogens with zero attached hydrogens (tertiary/aromatic N) is 4. The topological polar surface area (TPSA) is 58.4 Å². The Kier molecular flexibility index (Phi) is 4.44. The second-order valence-electron chi connectivity index (χ2n) is 8.23. The van der Waals surface area contributed by atoms with Crippen LogP contribution >= 0.6 is 0 Å². The summed E-state index contributed by atoms with van der Waals surface area (Å²) in [5.74, 6) is 0.267. The quantitative estimate of drug-likeness (QED) is 0.819. The number of hydrogen-bond acceptors (Lipinski definition) is 3. The van der Waals surface area contributed by atoms with Crippen LogP contribution in [0.5, 0.6) is 0 Å². The molecule has 6 nitrogen and oxygen atoms in total. The van der Waals surface area contributed by atoms with Crippen LogP contribution in [0.1, 0.15) is 48.7 Å². The van der Waals surface area contributed by atoms with E-state index in [-0.39, 0.29) is 17.2 Å². The number of carbonyl (C=O) groups excluding carboxylic acids is 2. The van der Waals surface area contributed by atoms with Crippen LogP contribution in [0.2, 0.25) is 0 Å². The van der Waals surface area contributed by atoms with Crippen LogP contribution in [-0.4, -0.2) is 57.6 Å². The van der Waals surface area contributed by atoms with Gasteiger partial charge in [0.2, 0.25) is 5.91 Å². The van der Waals surface area contributed by atoms with Gasteiger partial charge in [-0.1, -0.05) is 11.6 Å². The Morgan fingerprint density at radius 3 is 2.85 bits per heavy atom. The monoisotopic (exact) mass is 368 g/mol. The summed E-state index contributed by atoms with van der Waals surface area (Å²) >= 11 is 0. The summed E-state index contributed by atoms with van der Waals surface area (Å²) in [5, 5.41) is 5.47. The molecule has 0 N–H and O–H groups in total. The van der Waals surface area contributed by atoms with Gasteiger partial charge in [0, 0.05) is 50.4 Å². The lowest BCUT2D eigenvalue weighted by Gasteiger charge is -2.48. The minimum atomic E-state index is 0.0187. The van der Waals surface area contributed by atoms with E-state index in [0.29, 0.717) is 12.1 Å². The summed E-state index contributed by atoms with van der Waals surface area (Å²) < 4.78 is 1.79. The van der Waals surface area contributed by atoms with Gasteiger partial charge in [0.15, 0.2) is 5.69 Å². The number of rotatable bonds is 2. The van der Waals surface area contributed by atoms with Crippen LogP contribution in [0.4, 0.5) is 0 Å². The maximum atomic E-state index is 13.3. The van der Waals surface area contributed by atoms with E-state index >= 15 is 0 Å². The molecule has 2 amide bonds. The van der Waals surface area contributed by atoms with Crippen molar-refractivity contribution in [3.05, 3.63) is 29.5 Å². The van der Waals surface area contributed by atoms with Crippen molar-refractivity contribution in [3.63, 3.8) is 0 Å². The van der Waals surface area contributed by atoms with Crippen LogP contribution in [0, 0.1) is 12.3 Å². The normalized spacial score (nSPS) is 23.4. The Bertz CT molecular complexity index is 903. The number of fused-ring (bicyclic) bond motifs is 1.